The van der Waals surface area contributed by atoms with Crippen molar-refractivity contribution in [2.75, 3.05) is 18.5 Å². The van der Waals surface area contributed by atoms with Gasteiger partial charge in [-0.25, -0.2) is 4.79 Å². The van der Waals surface area contributed by atoms with Gasteiger partial charge in [-0.15, -0.1) is 0 Å². The summed E-state index contributed by atoms with van der Waals surface area (Å²) in [4.78, 5) is 23.4. The maximum atomic E-state index is 12.5. The molecule has 0 saturated heterocycles. The molecule has 2 N–H and O–H groups in total. The lowest BCUT2D eigenvalue weighted by molar-refractivity contribution is -0.112. The van der Waals surface area contributed by atoms with Crippen LogP contribution in [0.3, 0.4) is 0 Å². The van der Waals surface area contributed by atoms with E-state index in [9.17, 15) is 14.9 Å². The van der Waals surface area contributed by atoms with E-state index in [1.54, 1.807) is 12.1 Å². The number of carboxylic acid groups (broad SMARTS) is 1. The first-order valence-corrected chi connectivity index (χ1v) is 9.83. The highest BCUT2D eigenvalue weighted by atomic mass is 127. The molecule has 150 valence electrons. The zero-order chi connectivity index (χ0) is 21.4. The Bertz CT molecular complexity index is 978. The van der Waals surface area contributed by atoms with E-state index in [0.717, 1.165) is 3.57 Å². The van der Waals surface area contributed by atoms with Gasteiger partial charge in [-0.05, 0) is 84.5 Å². The van der Waals surface area contributed by atoms with Crippen molar-refractivity contribution in [1.82, 2.24) is 0 Å². The highest BCUT2D eigenvalue weighted by Gasteiger charge is 2.14. The standard InChI is InChI=1S/C21H19IN2O5/c1-3-28-18-11-13(10-17(22)19(18)29-4-2)9-15(12-23)20(25)24-16-7-5-14(6-8-16)21(26)27/h5-11H,3-4H2,1-2H3,(H,24,25)(H,26,27)/b15-9+. The Morgan fingerprint density at radius 3 is 2.38 bits per heavy atom. The zero-order valence-electron chi connectivity index (χ0n) is 15.9. The van der Waals surface area contributed by atoms with Crippen LogP contribution in [0.2, 0.25) is 0 Å². The third-order valence-electron chi connectivity index (χ3n) is 3.69. The second kappa shape index (κ2) is 10.5. The number of anilines is 1. The molecule has 0 fully saturated rings. The highest BCUT2D eigenvalue weighted by Crippen LogP contribution is 2.35. The number of nitrogens with one attached hydrogen (secondary N) is 1. The van der Waals surface area contributed by atoms with Crippen molar-refractivity contribution in [2.45, 2.75) is 13.8 Å². The summed E-state index contributed by atoms with van der Waals surface area (Å²) in [7, 11) is 0. The van der Waals surface area contributed by atoms with Gasteiger partial charge in [0, 0.05) is 5.69 Å². The van der Waals surface area contributed by atoms with E-state index < -0.39 is 11.9 Å². The molecule has 8 heteroatoms. The molecule has 0 bridgehead atoms. The molecule has 0 aromatic heterocycles. The monoisotopic (exact) mass is 506 g/mol. The molecule has 0 atom stereocenters. The summed E-state index contributed by atoms with van der Waals surface area (Å²) in [5.41, 5.74) is 1.01. The lowest BCUT2D eigenvalue weighted by atomic mass is 10.1. The molecule has 2 aromatic carbocycles. The molecule has 0 radical (unpaired) electrons. The molecule has 0 aliphatic heterocycles. The van der Waals surface area contributed by atoms with E-state index >= 15 is 0 Å². The van der Waals surface area contributed by atoms with Crippen LogP contribution in [0, 0.1) is 14.9 Å². The summed E-state index contributed by atoms with van der Waals surface area (Å²) in [6.07, 6.45) is 1.46. The number of aromatic carboxylic acids is 1. The number of benzene rings is 2. The molecule has 0 unspecified atom stereocenters. The maximum absolute atomic E-state index is 12.5. The predicted molar refractivity (Wildman–Crippen MR) is 117 cm³/mol. The minimum atomic E-state index is -1.06. The summed E-state index contributed by atoms with van der Waals surface area (Å²) < 4.78 is 12.0. The predicted octanol–water partition coefficient (Wildman–Crippen LogP) is 4.33. The van der Waals surface area contributed by atoms with Gasteiger partial charge in [0.2, 0.25) is 0 Å². The van der Waals surface area contributed by atoms with Crippen molar-refractivity contribution in [3.8, 4) is 17.6 Å². The summed E-state index contributed by atoms with van der Waals surface area (Å²) in [6, 6.07) is 11.1. The van der Waals surface area contributed by atoms with Crippen LogP contribution in [-0.4, -0.2) is 30.2 Å². The number of carbonyl (C=O) groups excluding carboxylic acids is 1. The molecule has 29 heavy (non-hydrogen) atoms. The van der Waals surface area contributed by atoms with Gasteiger partial charge in [0.05, 0.1) is 22.3 Å². The van der Waals surface area contributed by atoms with Crippen LogP contribution in [0.4, 0.5) is 5.69 Å². The molecule has 0 heterocycles. The Labute approximate surface area is 182 Å². The molecule has 2 aromatic rings. The number of halogens is 1. The number of rotatable bonds is 8. The van der Waals surface area contributed by atoms with E-state index in [-0.39, 0.29) is 11.1 Å². The van der Waals surface area contributed by atoms with Gasteiger partial charge in [0.1, 0.15) is 11.6 Å². The lowest BCUT2D eigenvalue weighted by Crippen LogP contribution is -2.13. The number of nitriles is 1. The molecule has 0 spiro atoms. The van der Waals surface area contributed by atoms with Crippen molar-refractivity contribution < 1.29 is 24.2 Å². The van der Waals surface area contributed by atoms with Crippen molar-refractivity contribution in [2.24, 2.45) is 0 Å². The van der Waals surface area contributed by atoms with Gasteiger partial charge in [-0.2, -0.15) is 5.26 Å². The zero-order valence-corrected chi connectivity index (χ0v) is 18.0. The fourth-order valence-electron chi connectivity index (χ4n) is 2.43. The van der Waals surface area contributed by atoms with E-state index in [0.29, 0.717) is 36.0 Å². The van der Waals surface area contributed by atoms with Crippen LogP contribution in [0.5, 0.6) is 11.5 Å². The number of carbonyl (C=O) groups is 2. The highest BCUT2D eigenvalue weighted by molar-refractivity contribution is 14.1. The minimum absolute atomic E-state index is 0.102. The molecule has 7 nitrogen and oxygen atoms in total. The molecule has 0 aliphatic rings. The van der Waals surface area contributed by atoms with Crippen LogP contribution < -0.4 is 14.8 Å². The van der Waals surface area contributed by atoms with Gasteiger partial charge in [-0.3, -0.25) is 4.79 Å². The number of hydrogen-bond acceptors (Lipinski definition) is 5. The minimum Gasteiger partial charge on any atom is -0.490 e. The topological polar surface area (TPSA) is 109 Å². The Morgan fingerprint density at radius 1 is 1.17 bits per heavy atom. The van der Waals surface area contributed by atoms with Crippen LogP contribution in [0.25, 0.3) is 6.08 Å². The Balaban J connectivity index is 2.29. The van der Waals surface area contributed by atoms with Crippen molar-refractivity contribution in [3.05, 3.63) is 56.7 Å². The molecule has 0 aliphatic carbocycles. The van der Waals surface area contributed by atoms with Gasteiger partial charge < -0.3 is 19.9 Å². The quantitative estimate of drug-likeness (QED) is 0.314. The average Bonchev–Trinajstić information content (AvgIpc) is 2.69. The molecule has 0 saturated carbocycles. The van der Waals surface area contributed by atoms with E-state index in [1.165, 1.54) is 30.3 Å². The Hall–Kier alpha value is -3.06. The van der Waals surface area contributed by atoms with Crippen LogP contribution in [0.1, 0.15) is 29.8 Å². The van der Waals surface area contributed by atoms with E-state index in [2.05, 4.69) is 27.9 Å². The first-order chi connectivity index (χ1) is 13.9. The number of ether oxygens (including phenoxy) is 2. The normalized spacial score (nSPS) is 10.8. The first kappa shape index (κ1) is 22.2. The van der Waals surface area contributed by atoms with Gasteiger partial charge in [-0.1, -0.05) is 0 Å². The van der Waals surface area contributed by atoms with Crippen LogP contribution in [-0.2, 0) is 4.79 Å². The molecular formula is C21H19IN2O5. The van der Waals surface area contributed by atoms with E-state index in [4.69, 9.17) is 14.6 Å². The fourth-order valence-corrected chi connectivity index (χ4v) is 3.21. The van der Waals surface area contributed by atoms with Crippen LogP contribution in [0.15, 0.2) is 42.0 Å². The number of hydrogen-bond donors (Lipinski definition) is 2. The Morgan fingerprint density at radius 2 is 1.83 bits per heavy atom. The largest absolute Gasteiger partial charge is 0.490 e. The number of amides is 1. The van der Waals surface area contributed by atoms with Gasteiger partial charge in [0.25, 0.3) is 5.91 Å². The van der Waals surface area contributed by atoms with Crippen molar-refractivity contribution in [3.63, 3.8) is 0 Å². The molecule has 2 rings (SSSR count). The molecular weight excluding hydrogens is 487 g/mol. The third-order valence-corrected chi connectivity index (χ3v) is 4.49. The van der Waals surface area contributed by atoms with Crippen LogP contribution >= 0.6 is 22.6 Å². The summed E-state index contributed by atoms with van der Waals surface area (Å²) in [5, 5.41) is 20.9. The van der Waals surface area contributed by atoms with Crippen molar-refractivity contribution in [1.29, 1.82) is 5.26 Å². The first-order valence-electron chi connectivity index (χ1n) is 8.75. The van der Waals surface area contributed by atoms with Gasteiger partial charge in [0.15, 0.2) is 11.5 Å². The third kappa shape index (κ3) is 5.96. The lowest BCUT2D eigenvalue weighted by Gasteiger charge is -2.13. The van der Waals surface area contributed by atoms with E-state index in [1.807, 2.05) is 19.9 Å². The maximum Gasteiger partial charge on any atom is 0.335 e. The number of carboxylic acids is 1. The smallest absolute Gasteiger partial charge is 0.335 e. The summed E-state index contributed by atoms with van der Waals surface area (Å²) >= 11 is 2.11. The fraction of sp³-hybridized carbons (Fsp3) is 0.190. The second-order valence-electron chi connectivity index (χ2n) is 5.70. The SMILES string of the molecule is CCOc1cc(/C=C(\C#N)C(=O)Nc2ccc(C(=O)O)cc2)cc(I)c1OCC. The Kier molecular flexibility index (Phi) is 8.03. The number of nitrogens with zero attached hydrogens (tertiary/aromatic N) is 1. The average molecular weight is 506 g/mol. The molecule has 1 amide bonds. The summed E-state index contributed by atoms with van der Waals surface area (Å²) in [6.45, 7) is 4.66. The second-order valence-corrected chi connectivity index (χ2v) is 6.86. The summed E-state index contributed by atoms with van der Waals surface area (Å²) in [5.74, 6) is -0.504. The van der Waals surface area contributed by atoms with Crippen molar-refractivity contribution >= 4 is 46.2 Å². The van der Waals surface area contributed by atoms with Gasteiger partial charge >= 0.3 is 5.97 Å².